The zero-order valence-electron chi connectivity index (χ0n) is 11.3. The lowest BCUT2D eigenvalue weighted by Gasteiger charge is -2.32. The summed E-state index contributed by atoms with van der Waals surface area (Å²) in [5.41, 5.74) is 1.00. The van der Waals surface area contributed by atoms with Gasteiger partial charge in [-0.2, -0.15) is 0 Å². The number of rotatable bonds is 2. The molecule has 2 aliphatic rings. The highest BCUT2D eigenvalue weighted by Crippen LogP contribution is 2.33. The Bertz CT molecular complexity index is 627. The minimum atomic E-state index is 0.561. The molecule has 1 aromatic heterocycles. The highest BCUT2D eigenvalue weighted by atomic mass is 35.5. The van der Waals surface area contributed by atoms with E-state index in [2.05, 4.69) is 21.3 Å². The van der Waals surface area contributed by atoms with E-state index < -0.39 is 0 Å². The Balaban J connectivity index is 1.55. The van der Waals surface area contributed by atoms with Crippen LogP contribution in [-0.4, -0.2) is 35.1 Å². The van der Waals surface area contributed by atoms with Crippen LogP contribution in [0.1, 0.15) is 25.7 Å². The summed E-state index contributed by atoms with van der Waals surface area (Å²) in [6.45, 7) is 2.51. The smallest absolute Gasteiger partial charge is 0.184 e. The number of aromatic nitrogens is 1. The third kappa shape index (κ3) is 2.30. The van der Waals surface area contributed by atoms with E-state index in [0.717, 1.165) is 15.7 Å². The van der Waals surface area contributed by atoms with E-state index in [9.17, 15) is 0 Å². The molecule has 0 saturated carbocycles. The molecule has 4 rings (SSSR count). The highest BCUT2D eigenvalue weighted by Gasteiger charge is 2.35. The predicted molar refractivity (Wildman–Crippen MR) is 85.9 cm³/mol. The summed E-state index contributed by atoms with van der Waals surface area (Å²) in [5, 5.41) is 5.47. The molecule has 1 aromatic carbocycles. The van der Waals surface area contributed by atoms with Crippen molar-refractivity contribution >= 4 is 38.3 Å². The fourth-order valence-corrected chi connectivity index (χ4v) is 4.61. The summed E-state index contributed by atoms with van der Waals surface area (Å²) < 4.78 is 1.20. The van der Waals surface area contributed by atoms with Gasteiger partial charge in [0.2, 0.25) is 0 Å². The molecule has 5 heteroatoms. The van der Waals surface area contributed by atoms with Gasteiger partial charge in [0, 0.05) is 23.7 Å². The summed E-state index contributed by atoms with van der Waals surface area (Å²) in [5.74, 6) is 0. The summed E-state index contributed by atoms with van der Waals surface area (Å²) in [4.78, 5) is 7.32. The third-order valence-electron chi connectivity index (χ3n) is 4.51. The van der Waals surface area contributed by atoms with Gasteiger partial charge in [-0.15, -0.1) is 0 Å². The molecule has 0 spiro atoms. The molecule has 0 amide bonds. The largest absolute Gasteiger partial charge is 0.357 e. The van der Waals surface area contributed by atoms with Gasteiger partial charge in [-0.1, -0.05) is 29.4 Å². The summed E-state index contributed by atoms with van der Waals surface area (Å²) >= 11 is 7.76. The molecule has 106 valence electrons. The first kappa shape index (κ1) is 12.9. The maximum atomic E-state index is 6.03. The Morgan fingerprint density at radius 2 is 2.20 bits per heavy atom. The average molecular weight is 308 g/mol. The normalized spacial score (nSPS) is 26.9. The van der Waals surface area contributed by atoms with E-state index in [1.165, 1.54) is 43.5 Å². The Morgan fingerprint density at radius 3 is 3.15 bits per heavy atom. The van der Waals surface area contributed by atoms with Crippen LogP contribution in [0, 0.1) is 0 Å². The third-order valence-corrected chi connectivity index (χ3v) is 5.72. The lowest BCUT2D eigenvalue weighted by atomic mass is 9.99. The average Bonchev–Trinajstić information content (AvgIpc) is 3.03. The molecular formula is C15H18ClN3S. The van der Waals surface area contributed by atoms with E-state index in [0.29, 0.717) is 12.1 Å². The Hall–Kier alpha value is -0.840. The van der Waals surface area contributed by atoms with Crippen LogP contribution in [0.3, 0.4) is 0 Å². The number of piperidine rings is 1. The maximum Gasteiger partial charge on any atom is 0.184 e. The second-order valence-corrected chi connectivity index (χ2v) is 7.24. The van der Waals surface area contributed by atoms with Gasteiger partial charge < -0.3 is 5.32 Å². The van der Waals surface area contributed by atoms with Gasteiger partial charge in [0.1, 0.15) is 0 Å². The van der Waals surface area contributed by atoms with Crippen molar-refractivity contribution in [2.24, 2.45) is 0 Å². The number of benzene rings is 1. The minimum absolute atomic E-state index is 0.561. The van der Waals surface area contributed by atoms with E-state index in [1.54, 1.807) is 11.3 Å². The standard InChI is InChI=1S/C15H18ClN3S/c16-10-4-5-14-12(9-10)18-15(20-14)17-11-6-8-19-7-2-1-3-13(11)19/h4-5,9,11,13H,1-3,6-8H2,(H,17,18). The Morgan fingerprint density at radius 1 is 1.25 bits per heavy atom. The fourth-order valence-electron chi connectivity index (χ4n) is 3.54. The topological polar surface area (TPSA) is 28.2 Å². The molecule has 0 bridgehead atoms. The Kier molecular flexibility index (Phi) is 3.33. The molecule has 0 radical (unpaired) electrons. The van der Waals surface area contributed by atoms with Crippen LogP contribution < -0.4 is 5.32 Å². The predicted octanol–water partition coefficient (Wildman–Crippen LogP) is 3.99. The quantitative estimate of drug-likeness (QED) is 0.909. The van der Waals surface area contributed by atoms with Gasteiger partial charge in [0.05, 0.1) is 10.2 Å². The van der Waals surface area contributed by atoms with Gasteiger partial charge in [-0.05, 0) is 44.0 Å². The first-order chi connectivity index (χ1) is 9.79. The van der Waals surface area contributed by atoms with Crippen molar-refractivity contribution in [2.75, 3.05) is 18.4 Å². The summed E-state index contributed by atoms with van der Waals surface area (Å²) in [6, 6.07) is 7.21. The molecule has 3 heterocycles. The molecule has 2 unspecified atom stereocenters. The number of nitrogens with zero attached hydrogens (tertiary/aromatic N) is 2. The fraction of sp³-hybridized carbons (Fsp3) is 0.533. The number of hydrogen-bond acceptors (Lipinski definition) is 4. The van der Waals surface area contributed by atoms with Gasteiger partial charge in [-0.25, -0.2) is 4.98 Å². The monoisotopic (exact) mass is 307 g/mol. The van der Waals surface area contributed by atoms with Gasteiger partial charge in [0.25, 0.3) is 0 Å². The molecule has 20 heavy (non-hydrogen) atoms. The lowest BCUT2D eigenvalue weighted by molar-refractivity contribution is 0.193. The van der Waals surface area contributed by atoms with E-state index in [1.807, 2.05) is 12.1 Å². The number of anilines is 1. The van der Waals surface area contributed by atoms with Crippen molar-refractivity contribution in [1.82, 2.24) is 9.88 Å². The second-order valence-electron chi connectivity index (χ2n) is 5.77. The van der Waals surface area contributed by atoms with Crippen LogP contribution in [0.4, 0.5) is 5.13 Å². The van der Waals surface area contributed by atoms with E-state index in [4.69, 9.17) is 11.6 Å². The molecule has 2 atom stereocenters. The highest BCUT2D eigenvalue weighted by molar-refractivity contribution is 7.22. The maximum absolute atomic E-state index is 6.03. The number of nitrogens with one attached hydrogen (secondary N) is 1. The number of hydrogen-bond donors (Lipinski definition) is 1. The van der Waals surface area contributed by atoms with Crippen LogP contribution >= 0.6 is 22.9 Å². The number of halogens is 1. The minimum Gasteiger partial charge on any atom is -0.357 e. The van der Waals surface area contributed by atoms with Gasteiger partial charge in [0.15, 0.2) is 5.13 Å². The van der Waals surface area contributed by atoms with Crippen molar-refractivity contribution in [3.8, 4) is 0 Å². The van der Waals surface area contributed by atoms with Gasteiger partial charge in [-0.3, -0.25) is 4.90 Å². The molecular weight excluding hydrogens is 290 g/mol. The van der Waals surface area contributed by atoms with Crippen molar-refractivity contribution in [3.63, 3.8) is 0 Å². The molecule has 2 saturated heterocycles. The van der Waals surface area contributed by atoms with Crippen LogP contribution in [0.2, 0.25) is 5.02 Å². The van der Waals surface area contributed by atoms with Crippen molar-refractivity contribution in [2.45, 2.75) is 37.8 Å². The van der Waals surface area contributed by atoms with Crippen LogP contribution in [-0.2, 0) is 0 Å². The Labute approximate surface area is 127 Å². The van der Waals surface area contributed by atoms with E-state index >= 15 is 0 Å². The molecule has 2 aliphatic heterocycles. The SMILES string of the molecule is Clc1ccc2sc(NC3CCN4CCCCC34)nc2c1. The molecule has 1 N–H and O–H groups in total. The van der Waals surface area contributed by atoms with Crippen LogP contribution in [0.25, 0.3) is 10.2 Å². The summed E-state index contributed by atoms with van der Waals surface area (Å²) in [7, 11) is 0. The van der Waals surface area contributed by atoms with Crippen LogP contribution in [0.5, 0.6) is 0 Å². The van der Waals surface area contributed by atoms with Crippen LogP contribution in [0.15, 0.2) is 18.2 Å². The zero-order valence-corrected chi connectivity index (χ0v) is 12.9. The molecule has 3 nitrogen and oxygen atoms in total. The van der Waals surface area contributed by atoms with Crippen molar-refractivity contribution < 1.29 is 0 Å². The van der Waals surface area contributed by atoms with Crippen molar-refractivity contribution in [3.05, 3.63) is 23.2 Å². The first-order valence-electron chi connectivity index (χ1n) is 7.36. The second kappa shape index (κ2) is 5.17. The zero-order chi connectivity index (χ0) is 13.5. The number of fused-ring (bicyclic) bond motifs is 2. The molecule has 0 aliphatic carbocycles. The van der Waals surface area contributed by atoms with E-state index in [-0.39, 0.29) is 0 Å². The first-order valence-corrected chi connectivity index (χ1v) is 8.56. The van der Waals surface area contributed by atoms with Crippen molar-refractivity contribution in [1.29, 1.82) is 0 Å². The molecule has 2 aromatic rings. The molecule has 2 fully saturated rings. The summed E-state index contributed by atoms with van der Waals surface area (Å²) in [6.07, 6.45) is 5.30. The lowest BCUT2D eigenvalue weighted by Crippen LogP contribution is -2.41. The van der Waals surface area contributed by atoms with Gasteiger partial charge >= 0.3 is 0 Å². The number of thiazole rings is 1.